The summed E-state index contributed by atoms with van der Waals surface area (Å²) in [6, 6.07) is 20.0. The summed E-state index contributed by atoms with van der Waals surface area (Å²) >= 11 is 0. The number of carbonyl (C=O) groups is 1. The van der Waals surface area contributed by atoms with Crippen LogP contribution >= 0.6 is 0 Å². The van der Waals surface area contributed by atoms with Gasteiger partial charge in [-0.3, -0.25) is 0 Å². The van der Waals surface area contributed by atoms with Crippen molar-refractivity contribution in [3.63, 3.8) is 0 Å². The number of benzene rings is 2. The first kappa shape index (κ1) is 19.1. The molecule has 0 fully saturated rings. The van der Waals surface area contributed by atoms with E-state index >= 15 is 0 Å². The molecule has 0 saturated heterocycles. The smallest absolute Gasteiger partial charge is 0.322 e. The minimum absolute atomic E-state index is 0.0828. The van der Waals surface area contributed by atoms with Crippen LogP contribution in [0, 0.1) is 0 Å². The van der Waals surface area contributed by atoms with Gasteiger partial charge in [0.05, 0.1) is 12.6 Å². The van der Waals surface area contributed by atoms with Gasteiger partial charge in [0.1, 0.15) is 5.75 Å². The number of amides is 2. The Labute approximate surface area is 171 Å². The maximum absolute atomic E-state index is 13.2. The summed E-state index contributed by atoms with van der Waals surface area (Å²) in [5, 5.41) is 3.07. The average molecular weight is 389 g/mol. The monoisotopic (exact) mass is 389 g/mol. The highest BCUT2D eigenvalue weighted by Gasteiger charge is 2.32. The Bertz CT molecular complexity index is 961. The van der Waals surface area contributed by atoms with Crippen molar-refractivity contribution in [1.82, 2.24) is 9.47 Å². The third-order valence-electron chi connectivity index (χ3n) is 5.42. The molecular formula is C24H27N3O2. The number of carbonyl (C=O) groups excluding carboxylic acids is 1. The van der Waals surface area contributed by atoms with Crippen LogP contribution in [0.2, 0.25) is 0 Å². The van der Waals surface area contributed by atoms with Crippen LogP contribution in [0.1, 0.15) is 36.7 Å². The number of nitrogens with zero attached hydrogens (tertiary/aromatic N) is 2. The number of hydrogen-bond acceptors (Lipinski definition) is 2. The van der Waals surface area contributed by atoms with Crippen molar-refractivity contribution in [1.29, 1.82) is 0 Å². The van der Waals surface area contributed by atoms with Crippen molar-refractivity contribution >= 4 is 11.7 Å². The van der Waals surface area contributed by atoms with Crippen LogP contribution < -0.4 is 10.1 Å². The topological polar surface area (TPSA) is 46.5 Å². The van der Waals surface area contributed by atoms with Gasteiger partial charge in [-0.1, -0.05) is 31.2 Å². The molecular weight excluding hydrogens is 362 g/mol. The van der Waals surface area contributed by atoms with E-state index in [4.69, 9.17) is 4.74 Å². The number of hydrogen-bond donors (Lipinski definition) is 1. The highest BCUT2D eigenvalue weighted by atomic mass is 16.5. The lowest BCUT2D eigenvalue weighted by molar-refractivity contribution is 0.182. The van der Waals surface area contributed by atoms with Crippen LogP contribution in [0.4, 0.5) is 10.5 Å². The minimum Gasteiger partial charge on any atom is -0.494 e. The van der Waals surface area contributed by atoms with Crippen LogP contribution in [-0.2, 0) is 13.0 Å². The van der Waals surface area contributed by atoms with E-state index in [9.17, 15) is 4.79 Å². The molecule has 2 amide bonds. The van der Waals surface area contributed by atoms with Gasteiger partial charge in [-0.15, -0.1) is 0 Å². The minimum atomic E-state index is -0.135. The number of ether oxygens (including phenoxy) is 1. The molecule has 0 spiro atoms. The number of urea groups is 1. The van der Waals surface area contributed by atoms with Crippen LogP contribution in [0.5, 0.6) is 5.75 Å². The predicted octanol–water partition coefficient (Wildman–Crippen LogP) is 5.09. The van der Waals surface area contributed by atoms with E-state index in [1.165, 1.54) is 5.56 Å². The molecule has 0 aliphatic carbocycles. The first-order chi connectivity index (χ1) is 14.2. The van der Waals surface area contributed by atoms with Crippen LogP contribution in [0.25, 0.3) is 0 Å². The molecule has 4 rings (SSSR count). The molecule has 29 heavy (non-hydrogen) atoms. The van der Waals surface area contributed by atoms with Gasteiger partial charge in [0.2, 0.25) is 0 Å². The van der Waals surface area contributed by atoms with E-state index in [0.717, 1.165) is 35.7 Å². The zero-order valence-electron chi connectivity index (χ0n) is 17.0. The van der Waals surface area contributed by atoms with Gasteiger partial charge in [-0.05, 0) is 60.9 Å². The first-order valence-corrected chi connectivity index (χ1v) is 10.2. The van der Waals surface area contributed by atoms with Crippen LogP contribution in [-0.4, -0.2) is 28.6 Å². The molecule has 1 aromatic heterocycles. The van der Waals surface area contributed by atoms with Crippen molar-refractivity contribution in [2.75, 3.05) is 18.5 Å². The highest BCUT2D eigenvalue weighted by Crippen LogP contribution is 2.33. The first-order valence-electron chi connectivity index (χ1n) is 10.2. The molecule has 2 heterocycles. The third-order valence-corrected chi connectivity index (χ3v) is 5.42. The van der Waals surface area contributed by atoms with Crippen molar-refractivity contribution in [2.45, 2.75) is 32.9 Å². The molecule has 150 valence electrons. The maximum atomic E-state index is 13.2. The lowest BCUT2D eigenvalue weighted by atomic mass is 10.00. The molecule has 1 aliphatic rings. The Morgan fingerprint density at radius 3 is 2.48 bits per heavy atom. The fourth-order valence-electron chi connectivity index (χ4n) is 3.88. The molecule has 0 bridgehead atoms. The third kappa shape index (κ3) is 3.99. The van der Waals surface area contributed by atoms with E-state index in [1.54, 1.807) is 0 Å². The van der Waals surface area contributed by atoms with E-state index in [0.29, 0.717) is 13.2 Å². The van der Waals surface area contributed by atoms with Crippen molar-refractivity contribution < 1.29 is 9.53 Å². The SMILES string of the molecule is CCOc1ccc(C2c3cccn3CCN2C(=O)Nc2ccc(CC)cc2)cc1. The number of nitrogens with one attached hydrogen (secondary N) is 1. The van der Waals surface area contributed by atoms with Crippen molar-refractivity contribution in [3.8, 4) is 5.75 Å². The molecule has 0 radical (unpaired) electrons. The molecule has 1 N–H and O–H groups in total. The Kier molecular flexibility index (Phi) is 5.56. The number of rotatable bonds is 5. The van der Waals surface area contributed by atoms with Gasteiger partial charge in [-0.2, -0.15) is 0 Å². The molecule has 5 nitrogen and oxygen atoms in total. The number of anilines is 1. The number of aromatic nitrogens is 1. The normalized spacial score (nSPS) is 15.7. The number of aryl methyl sites for hydroxylation is 1. The van der Waals surface area contributed by atoms with E-state index < -0.39 is 0 Å². The number of fused-ring (bicyclic) bond motifs is 1. The van der Waals surface area contributed by atoms with Gasteiger partial charge >= 0.3 is 6.03 Å². The lowest BCUT2D eigenvalue weighted by Crippen LogP contribution is -2.44. The van der Waals surface area contributed by atoms with E-state index in [2.05, 4.69) is 53.3 Å². The summed E-state index contributed by atoms with van der Waals surface area (Å²) < 4.78 is 7.80. The summed E-state index contributed by atoms with van der Waals surface area (Å²) in [7, 11) is 0. The van der Waals surface area contributed by atoms with Gasteiger partial charge in [0.25, 0.3) is 0 Å². The Hall–Kier alpha value is -3.21. The quantitative estimate of drug-likeness (QED) is 0.661. The van der Waals surface area contributed by atoms with E-state index in [-0.39, 0.29) is 12.1 Å². The van der Waals surface area contributed by atoms with Gasteiger partial charge in [0.15, 0.2) is 0 Å². The maximum Gasteiger partial charge on any atom is 0.322 e. The second kappa shape index (κ2) is 8.43. The largest absolute Gasteiger partial charge is 0.494 e. The van der Waals surface area contributed by atoms with Crippen LogP contribution in [0.15, 0.2) is 66.9 Å². The summed E-state index contributed by atoms with van der Waals surface area (Å²) in [5.41, 5.74) is 4.27. The molecule has 3 aromatic rings. The Morgan fingerprint density at radius 1 is 1.03 bits per heavy atom. The summed E-state index contributed by atoms with van der Waals surface area (Å²) in [6.45, 7) is 6.17. The zero-order valence-corrected chi connectivity index (χ0v) is 17.0. The molecule has 1 unspecified atom stereocenters. The second-order valence-corrected chi connectivity index (χ2v) is 7.21. The van der Waals surface area contributed by atoms with Crippen molar-refractivity contribution in [3.05, 3.63) is 83.7 Å². The predicted molar refractivity (Wildman–Crippen MR) is 115 cm³/mol. The van der Waals surface area contributed by atoms with Gasteiger partial charge in [-0.25, -0.2) is 4.79 Å². The fourth-order valence-corrected chi connectivity index (χ4v) is 3.88. The summed E-state index contributed by atoms with van der Waals surface area (Å²) in [6.07, 6.45) is 3.06. The lowest BCUT2D eigenvalue weighted by Gasteiger charge is -2.37. The summed E-state index contributed by atoms with van der Waals surface area (Å²) in [4.78, 5) is 15.1. The van der Waals surface area contributed by atoms with E-state index in [1.807, 2.05) is 42.2 Å². The molecule has 5 heteroatoms. The Balaban J connectivity index is 1.61. The van der Waals surface area contributed by atoms with Crippen LogP contribution in [0.3, 0.4) is 0 Å². The average Bonchev–Trinajstić information content (AvgIpc) is 3.23. The molecule has 2 aromatic carbocycles. The highest BCUT2D eigenvalue weighted by molar-refractivity contribution is 5.90. The molecule has 1 atom stereocenters. The fraction of sp³-hybridized carbons (Fsp3) is 0.292. The Morgan fingerprint density at radius 2 is 1.79 bits per heavy atom. The van der Waals surface area contributed by atoms with Gasteiger partial charge in [0, 0.05) is 30.7 Å². The molecule has 1 aliphatic heterocycles. The standard InChI is InChI=1S/C24H27N3O2/c1-3-18-7-11-20(12-8-18)25-24(28)27-17-16-26-15-5-6-22(26)23(27)19-9-13-21(14-10-19)29-4-2/h5-15,23H,3-4,16-17H2,1-2H3,(H,25,28). The summed E-state index contributed by atoms with van der Waals surface area (Å²) in [5.74, 6) is 0.842. The second-order valence-electron chi connectivity index (χ2n) is 7.21. The molecule has 0 saturated carbocycles. The van der Waals surface area contributed by atoms with Gasteiger partial charge < -0.3 is 19.5 Å². The zero-order chi connectivity index (χ0) is 20.2. The van der Waals surface area contributed by atoms with Crippen molar-refractivity contribution in [2.24, 2.45) is 0 Å².